The van der Waals surface area contributed by atoms with E-state index >= 15 is 0 Å². The van der Waals surface area contributed by atoms with E-state index in [0.717, 1.165) is 27.9 Å². The molecule has 0 aliphatic heterocycles. The highest BCUT2D eigenvalue weighted by Gasteiger charge is 2.10. The van der Waals surface area contributed by atoms with E-state index in [-0.39, 0.29) is 7.05 Å². The van der Waals surface area contributed by atoms with Crippen LogP contribution in [0.2, 0.25) is 0 Å². The second-order valence-electron chi connectivity index (χ2n) is 8.12. The van der Waals surface area contributed by atoms with Crippen LogP contribution in [-0.2, 0) is 16.0 Å². The highest BCUT2D eigenvalue weighted by atomic mass is 16.4. The maximum Gasteiger partial charge on any atom is 0.339 e. The maximum atomic E-state index is 12.5. The van der Waals surface area contributed by atoms with Crippen molar-refractivity contribution in [1.82, 2.24) is 0 Å². The monoisotopic (exact) mass is 471 g/mol. The van der Waals surface area contributed by atoms with Gasteiger partial charge in [-0.2, -0.15) is 0 Å². The number of nitrogens with one attached hydrogen (secondary N) is 1. The van der Waals surface area contributed by atoms with E-state index in [0.29, 0.717) is 17.6 Å². The molecule has 0 unspecified atom stereocenters. The molecule has 1 heterocycles. The van der Waals surface area contributed by atoms with Crippen molar-refractivity contribution in [1.29, 1.82) is 0 Å². The van der Waals surface area contributed by atoms with Gasteiger partial charge in [-0.3, -0.25) is 0 Å². The van der Waals surface area contributed by atoms with Gasteiger partial charge >= 0.3 is 5.63 Å². The van der Waals surface area contributed by atoms with Crippen molar-refractivity contribution in [3.63, 3.8) is 0 Å². The quantitative estimate of drug-likeness (QED) is 0.329. The number of aryl methyl sites for hydroxylation is 3. The second-order valence-corrected chi connectivity index (χ2v) is 8.12. The Hall–Kier alpha value is -4.25. The summed E-state index contributed by atoms with van der Waals surface area (Å²) in [6.07, 6.45) is 2.62. The van der Waals surface area contributed by atoms with Crippen LogP contribution < -0.4 is 10.9 Å². The van der Waals surface area contributed by atoms with Gasteiger partial charge in [0, 0.05) is 30.2 Å². The summed E-state index contributed by atoms with van der Waals surface area (Å²) in [5, 5.41) is 4.46. The Morgan fingerprint density at radius 1 is 0.886 bits per heavy atom. The minimum atomic E-state index is -0.277. The number of allylic oxidation sites excluding steroid dienone is 1. The molecule has 1 N–H and O–H groups in total. The lowest BCUT2D eigenvalue weighted by Gasteiger charge is -2.14. The molecule has 0 spiro atoms. The predicted octanol–water partition coefficient (Wildman–Crippen LogP) is 6.66. The summed E-state index contributed by atoms with van der Waals surface area (Å²) < 4.78 is 5.61. The first-order valence-electron chi connectivity index (χ1n) is 11.1. The van der Waals surface area contributed by atoms with E-state index in [9.17, 15) is 4.79 Å². The first-order valence-corrected chi connectivity index (χ1v) is 11.1. The molecule has 4 aromatic rings. The highest BCUT2D eigenvalue weighted by Crippen LogP contribution is 2.25. The fourth-order valence-electron chi connectivity index (χ4n) is 3.79. The normalized spacial score (nSPS) is 10.6. The number of rotatable bonds is 5. The van der Waals surface area contributed by atoms with Crippen LogP contribution in [0.5, 0.6) is 0 Å². The van der Waals surface area contributed by atoms with E-state index in [4.69, 9.17) is 14.0 Å². The Bertz CT molecular complexity index is 1370. The minimum absolute atomic E-state index is 0. The van der Waals surface area contributed by atoms with E-state index in [1.54, 1.807) is 0 Å². The number of anilines is 1. The zero-order chi connectivity index (χ0) is 26.0. The second kappa shape index (κ2) is 12.8. The maximum absolute atomic E-state index is 12.5. The van der Waals surface area contributed by atoms with Gasteiger partial charge in [0.25, 0.3) is 0 Å². The molecular weight excluding hydrogens is 438 g/mol. The van der Waals surface area contributed by atoms with Crippen molar-refractivity contribution in [2.45, 2.75) is 34.1 Å². The van der Waals surface area contributed by atoms with Gasteiger partial charge in [-0.25, -0.2) is 4.79 Å². The summed E-state index contributed by atoms with van der Waals surface area (Å²) in [5.41, 5.74) is 8.87. The molecule has 0 bridgehead atoms. The van der Waals surface area contributed by atoms with Gasteiger partial charge in [-0.1, -0.05) is 53.6 Å². The number of carbonyl (C=O) groups is 2. The number of hydrogen-bond donors (Lipinski definition) is 1. The Kier molecular flexibility index (Phi) is 9.91. The number of fused-ring (bicyclic) bond motifs is 1. The van der Waals surface area contributed by atoms with Gasteiger partial charge in [0.2, 0.25) is 0 Å². The topological polar surface area (TPSA) is 76.4 Å². The zero-order valence-electron chi connectivity index (χ0n) is 20.7. The van der Waals surface area contributed by atoms with Gasteiger partial charge in [-0.05, 0) is 74.7 Å². The summed E-state index contributed by atoms with van der Waals surface area (Å²) in [4.78, 5) is 28.5. The molecule has 0 aliphatic carbocycles. The van der Waals surface area contributed by atoms with E-state index in [1.807, 2.05) is 38.7 Å². The molecule has 4 rings (SSSR count). The molecule has 0 saturated carbocycles. The summed E-state index contributed by atoms with van der Waals surface area (Å²) in [6.45, 7) is 12.3. The Balaban J connectivity index is 0.00000123. The summed E-state index contributed by atoms with van der Waals surface area (Å²) in [7, 11) is 0. The van der Waals surface area contributed by atoms with E-state index < -0.39 is 0 Å². The van der Waals surface area contributed by atoms with E-state index in [1.165, 1.54) is 16.7 Å². The van der Waals surface area contributed by atoms with Crippen LogP contribution >= 0.6 is 0 Å². The third-order valence-electron chi connectivity index (χ3n) is 5.57. The van der Waals surface area contributed by atoms with Crippen molar-refractivity contribution < 1.29 is 15.4 Å². The lowest BCUT2D eigenvalue weighted by Crippen LogP contribution is -2.08. The molecule has 0 saturated heterocycles. The molecule has 5 heteroatoms. The van der Waals surface area contributed by atoms with Gasteiger partial charge in [0.15, 0.2) is 0 Å². The van der Waals surface area contributed by atoms with Crippen molar-refractivity contribution in [3.05, 3.63) is 117 Å². The fourth-order valence-corrected chi connectivity index (χ4v) is 3.79. The van der Waals surface area contributed by atoms with Crippen LogP contribution in [0.1, 0.15) is 41.7 Å². The van der Waals surface area contributed by atoms with Gasteiger partial charge < -0.3 is 19.3 Å². The Morgan fingerprint density at radius 2 is 1.54 bits per heavy atom. The SMILES string of the molecule is C/C=C(\Nc1ccc(C)cc1C)c1ccc2oc(=O)c(Cc3ccc(C)cc3)cc2c1.C=O.C=O.[HH]. The van der Waals surface area contributed by atoms with Gasteiger partial charge in [0.1, 0.15) is 19.2 Å². The summed E-state index contributed by atoms with van der Waals surface area (Å²) in [5.74, 6) is 0. The average molecular weight is 472 g/mol. The van der Waals surface area contributed by atoms with Crippen molar-refractivity contribution in [2.75, 3.05) is 5.32 Å². The van der Waals surface area contributed by atoms with E-state index in [2.05, 4.69) is 80.7 Å². The predicted molar refractivity (Wildman–Crippen MR) is 146 cm³/mol. The van der Waals surface area contributed by atoms with Crippen LogP contribution in [0.15, 0.2) is 82.0 Å². The summed E-state index contributed by atoms with van der Waals surface area (Å²) >= 11 is 0. The third-order valence-corrected chi connectivity index (χ3v) is 5.57. The molecule has 0 atom stereocenters. The number of carbonyl (C=O) groups excluding carboxylic acids is 2. The summed E-state index contributed by atoms with van der Waals surface area (Å²) in [6, 6.07) is 22.5. The number of hydrogen-bond acceptors (Lipinski definition) is 5. The first kappa shape index (κ1) is 27.0. The average Bonchev–Trinajstić information content (AvgIpc) is 2.88. The van der Waals surface area contributed by atoms with Crippen LogP contribution in [0, 0.1) is 20.8 Å². The van der Waals surface area contributed by atoms with Crippen molar-refractivity contribution in [2.24, 2.45) is 0 Å². The van der Waals surface area contributed by atoms with Crippen LogP contribution in [0.4, 0.5) is 5.69 Å². The lowest BCUT2D eigenvalue weighted by molar-refractivity contribution is -0.0987. The lowest BCUT2D eigenvalue weighted by atomic mass is 10.0. The first-order chi connectivity index (χ1) is 16.9. The number of benzene rings is 3. The van der Waals surface area contributed by atoms with Crippen molar-refractivity contribution in [3.8, 4) is 0 Å². The molecule has 3 aromatic carbocycles. The van der Waals surface area contributed by atoms with Gasteiger partial charge in [-0.15, -0.1) is 0 Å². The Labute approximate surface area is 207 Å². The van der Waals surface area contributed by atoms with Crippen molar-refractivity contribution >= 4 is 35.9 Å². The smallest absolute Gasteiger partial charge is 0.339 e. The largest absolute Gasteiger partial charge is 0.423 e. The molecular formula is C30H33NO4. The van der Waals surface area contributed by atoms with Crippen LogP contribution in [0.3, 0.4) is 0 Å². The molecule has 0 amide bonds. The highest BCUT2D eigenvalue weighted by molar-refractivity contribution is 5.85. The standard InChI is InChI=1S/C28H27NO2.2CH2O.H2/c1-5-25(29-26-12-8-19(3)14-20(26)4)22-11-13-27-23(16-22)17-24(28(30)31-27)15-21-9-6-18(2)7-10-21;2*1-2;/h5-14,16-17,29H,15H2,1-4H3;2*1H2;1H/b25-5-;;;. The molecule has 5 nitrogen and oxygen atoms in total. The molecule has 35 heavy (non-hydrogen) atoms. The zero-order valence-corrected chi connectivity index (χ0v) is 20.7. The molecule has 182 valence electrons. The molecule has 0 radical (unpaired) electrons. The molecule has 1 aromatic heterocycles. The minimum Gasteiger partial charge on any atom is -0.423 e. The fraction of sp³-hybridized carbons (Fsp3) is 0.167. The van der Waals surface area contributed by atoms with Crippen LogP contribution in [0.25, 0.3) is 16.7 Å². The van der Waals surface area contributed by atoms with Gasteiger partial charge in [0.05, 0.1) is 0 Å². The molecule has 0 aliphatic rings. The van der Waals surface area contributed by atoms with Crippen LogP contribution in [-0.4, -0.2) is 13.6 Å². The third kappa shape index (κ3) is 6.87. The molecule has 0 fully saturated rings. The Morgan fingerprint density at radius 3 is 2.17 bits per heavy atom.